The van der Waals surface area contributed by atoms with Crippen LogP contribution < -0.4 is 5.32 Å². The van der Waals surface area contributed by atoms with E-state index in [-0.39, 0.29) is 23.6 Å². The Hall–Kier alpha value is -3.31. The van der Waals surface area contributed by atoms with Crippen LogP contribution in [0, 0.1) is 6.92 Å². The SMILES string of the molecule is Cc1nnc(-c2ccc3cnc(NC(=O)c4cn(C5CCN(C)CC5)nn4)nc3c2)s1. The number of fused-ring (bicyclic) bond motifs is 1. The number of carbonyl (C=O) groups excluding carboxylic acids is 1. The summed E-state index contributed by atoms with van der Waals surface area (Å²) in [6.07, 6.45) is 5.36. The van der Waals surface area contributed by atoms with E-state index in [1.807, 2.05) is 25.1 Å². The number of piperidine rings is 1. The predicted octanol–water partition coefficient (Wildman–Crippen LogP) is 2.57. The molecule has 0 aliphatic carbocycles. The van der Waals surface area contributed by atoms with Crippen LogP contribution in [0.2, 0.25) is 0 Å². The number of anilines is 1. The number of nitrogens with one attached hydrogen (secondary N) is 1. The van der Waals surface area contributed by atoms with Crippen molar-refractivity contribution in [2.24, 2.45) is 0 Å². The summed E-state index contributed by atoms with van der Waals surface area (Å²) >= 11 is 1.52. The number of amides is 1. The molecule has 158 valence electrons. The quantitative estimate of drug-likeness (QED) is 0.520. The number of benzene rings is 1. The average Bonchev–Trinajstić information content (AvgIpc) is 3.43. The summed E-state index contributed by atoms with van der Waals surface area (Å²) in [6, 6.07) is 6.08. The Labute approximate surface area is 182 Å². The Morgan fingerprint density at radius 2 is 2.03 bits per heavy atom. The van der Waals surface area contributed by atoms with Gasteiger partial charge in [-0.05, 0) is 46.0 Å². The Balaban J connectivity index is 1.33. The molecule has 0 saturated carbocycles. The first kappa shape index (κ1) is 19.6. The Morgan fingerprint density at radius 3 is 2.81 bits per heavy atom. The number of aryl methyl sites for hydroxylation is 1. The number of carbonyl (C=O) groups is 1. The van der Waals surface area contributed by atoms with Gasteiger partial charge in [-0.3, -0.25) is 10.1 Å². The number of likely N-dealkylation sites (tertiary alicyclic amines) is 1. The van der Waals surface area contributed by atoms with Crippen LogP contribution in [-0.4, -0.2) is 66.1 Å². The van der Waals surface area contributed by atoms with Crippen molar-refractivity contribution in [3.63, 3.8) is 0 Å². The van der Waals surface area contributed by atoms with E-state index in [1.54, 1.807) is 17.1 Å². The molecule has 0 atom stereocenters. The fourth-order valence-electron chi connectivity index (χ4n) is 3.61. The lowest BCUT2D eigenvalue weighted by atomic mass is 10.1. The summed E-state index contributed by atoms with van der Waals surface area (Å²) in [7, 11) is 2.11. The molecule has 1 N–H and O–H groups in total. The van der Waals surface area contributed by atoms with Crippen molar-refractivity contribution in [1.82, 2.24) is 40.1 Å². The third-order valence-corrected chi connectivity index (χ3v) is 6.27. The summed E-state index contributed by atoms with van der Waals surface area (Å²) in [6.45, 7) is 3.94. The normalized spacial score (nSPS) is 15.4. The molecule has 0 unspecified atom stereocenters. The molecule has 0 bridgehead atoms. The molecular formula is C20H21N9OS. The van der Waals surface area contributed by atoms with Gasteiger partial charge in [0.2, 0.25) is 5.95 Å². The molecule has 1 aliphatic heterocycles. The Kier molecular flexibility index (Phi) is 5.12. The highest BCUT2D eigenvalue weighted by Crippen LogP contribution is 2.26. The van der Waals surface area contributed by atoms with Crippen LogP contribution in [-0.2, 0) is 0 Å². The minimum absolute atomic E-state index is 0.219. The summed E-state index contributed by atoms with van der Waals surface area (Å²) in [4.78, 5) is 23.7. The zero-order valence-corrected chi connectivity index (χ0v) is 18.0. The number of hydrogen-bond donors (Lipinski definition) is 1. The van der Waals surface area contributed by atoms with Crippen LogP contribution in [0.25, 0.3) is 21.5 Å². The van der Waals surface area contributed by atoms with Crippen molar-refractivity contribution >= 4 is 34.1 Å². The molecule has 11 heteroatoms. The smallest absolute Gasteiger partial charge is 0.280 e. The highest BCUT2D eigenvalue weighted by molar-refractivity contribution is 7.14. The Morgan fingerprint density at radius 1 is 1.19 bits per heavy atom. The van der Waals surface area contributed by atoms with E-state index in [4.69, 9.17) is 0 Å². The molecule has 4 aromatic rings. The van der Waals surface area contributed by atoms with Crippen molar-refractivity contribution in [3.05, 3.63) is 41.3 Å². The first-order valence-corrected chi connectivity index (χ1v) is 10.9. The topological polar surface area (TPSA) is 115 Å². The van der Waals surface area contributed by atoms with Crippen LogP contribution in [0.15, 0.2) is 30.6 Å². The van der Waals surface area contributed by atoms with Gasteiger partial charge in [-0.1, -0.05) is 28.7 Å². The van der Waals surface area contributed by atoms with Crippen LogP contribution in [0.1, 0.15) is 34.4 Å². The van der Waals surface area contributed by atoms with E-state index in [0.29, 0.717) is 5.52 Å². The van der Waals surface area contributed by atoms with Crippen molar-refractivity contribution in [2.75, 3.05) is 25.5 Å². The lowest BCUT2D eigenvalue weighted by Crippen LogP contribution is -2.31. The molecule has 5 rings (SSSR count). The highest BCUT2D eigenvalue weighted by Gasteiger charge is 2.21. The van der Waals surface area contributed by atoms with Crippen molar-refractivity contribution < 1.29 is 4.79 Å². The Bertz CT molecular complexity index is 1240. The van der Waals surface area contributed by atoms with Gasteiger partial charge in [0.25, 0.3) is 5.91 Å². The van der Waals surface area contributed by atoms with Gasteiger partial charge in [0.15, 0.2) is 5.69 Å². The standard InChI is InChI=1S/C20H21N9OS/c1-12-24-26-19(31-12)13-3-4-14-10-21-20(22-16(14)9-13)23-18(30)17-11-29(27-25-17)15-5-7-28(2)8-6-15/h3-4,9-11,15H,5-8H2,1-2H3,(H,21,22,23,30). The zero-order valence-electron chi connectivity index (χ0n) is 17.2. The van der Waals surface area contributed by atoms with Crippen LogP contribution in [0.5, 0.6) is 0 Å². The monoisotopic (exact) mass is 435 g/mol. The molecule has 3 aromatic heterocycles. The zero-order chi connectivity index (χ0) is 21.4. The second-order valence-corrected chi connectivity index (χ2v) is 8.85. The molecule has 1 amide bonds. The van der Waals surface area contributed by atoms with Crippen LogP contribution >= 0.6 is 11.3 Å². The maximum absolute atomic E-state index is 12.7. The van der Waals surface area contributed by atoms with E-state index in [0.717, 1.165) is 46.9 Å². The predicted molar refractivity (Wildman–Crippen MR) is 117 cm³/mol. The summed E-state index contributed by atoms with van der Waals surface area (Å²) in [5.41, 5.74) is 1.89. The van der Waals surface area contributed by atoms with Gasteiger partial charge < -0.3 is 4.90 Å². The number of aromatic nitrogens is 7. The molecule has 10 nitrogen and oxygen atoms in total. The van der Waals surface area contributed by atoms with Gasteiger partial charge in [0.1, 0.15) is 10.0 Å². The van der Waals surface area contributed by atoms with Gasteiger partial charge in [-0.2, -0.15) is 0 Å². The van der Waals surface area contributed by atoms with Crippen molar-refractivity contribution in [1.29, 1.82) is 0 Å². The fourth-order valence-corrected chi connectivity index (χ4v) is 4.30. The molecule has 0 spiro atoms. The fraction of sp³-hybridized carbons (Fsp3) is 0.350. The largest absolute Gasteiger partial charge is 0.306 e. The molecule has 0 radical (unpaired) electrons. The summed E-state index contributed by atoms with van der Waals surface area (Å²) < 4.78 is 1.79. The first-order chi connectivity index (χ1) is 15.0. The molecular weight excluding hydrogens is 414 g/mol. The van der Waals surface area contributed by atoms with Gasteiger partial charge in [0.05, 0.1) is 17.8 Å². The van der Waals surface area contributed by atoms with Crippen LogP contribution in [0.3, 0.4) is 0 Å². The number of hydrogen-bond acceptors (Lipinski definition) is 9. The van der Waals surface area contributed by atoms with E-state index in [1.165, 1.54) is 11.3 Å². The number of rotatable bonds is 4. The van der Waals surface area contributed by atoms with Gasteiger partial charge in [-0.15, -0.1) is 15.3 Å². The van der Waals surface area contributed by atoms with Crippen LogP contribution in [0.4, 0.5) is 5.95 Å². The van der Waals surface area contributed by atoms with Crippen molar-refractivity contribution in [2.45, 2.75) is 25.8 Å². The highest BCUT2D eigenvalue weighted by atomic mass is 32.1. The van der Waals surface area contributed by atoms with Gasteiger partial charge in [0, 0.05) is 17.1 Å². The van der Waals surface area contributed by atoms with E-state index in [2.05, 4.69) is 47.7 Å². The third-order valence-electron chi connectivity index (χ3n) is 5.39. The maximum atomic E-state index is 12.7. The maximum Gasteiger partial charge on any atom is 0.280 e. The molecule has 1 aliphatic rings. The minimum Gasteiger partial charge on any atom is -0.306 e. The average molecular weight is 436 g/mol. The number of nitrogens with zero attached hydrogens (tertiary/aromatic N) is 8. The lowest BCUT2D eigenvalue weighted by molar-refractivity contribution is 0.102. The second-order valence-electron chi connectivity index (χ2n) is 7.67. The molecule has 4 heterocycles. The molecule has 1 fully saturated rings. The van der Waals surface area contributed by atoms with E-state index in [9.17, 15) is 4.79 Å². The molecule has 1 aromatic carbocycles. The van der Waals surface area contributed by atoms with E-state index >= 15 is 0 Å². The summed E-state index contributed by atoms with van der Waals surface area (Å²) in [5.74, 6) is -0.161. The third kappa shape index (κ3) is 4.14. The van der Waals surface area contributed by atoms with Gasteiger partial charge >= 0.3 is 0 Å². The summed E-state index contributed by atoms with van der Waals surface area (Å²) in [5, 5.41) is 21.8. The van der Waals surface area contributed by atoms with Gasteiger partial charge in [-0.25, -0.2) is 14.6 Å². The second kappa shape index (κ2) is 8.08. The molecule has 31 heavy (non-hydrogen) atoms. The first-order valence-electron chi connectivity index (χ1n) is 10.0. The minimum atomic E-state index is -0.380. The van der Waals surface area contributed by atoms with E-state index < -0.39 is 0 Å². The molecule has 1 saturated heterocycles. The van der Waals surface area contributed by atoms with Crippen molar-refractivity contribution in [3.8, 4) is 10.6 Å². The lowest BCUT2D eigenvalue weighted by Gasteiger charge is -2.28.